The summed E-state index contributed by atoms with van der Waals surface area (Å²) in [6, 6.07) is 9.10. The summed E-state index contributed by atoms with van der Waals surface area (Å²) >= 11 is 0. The molecule has 2 rings (SSSR count). The molecule has 0 bridgehead atoms. The van der Waals surface area contributed by atoms with Crippen LogP contribution in [0, 0.1) is 0 Å². The molecule has 1 aromatic carbocycles. The zero-order valence-electron chi connectivity index (χ0n) is 14.6. The van der Waals surface area contributed by atoms with Crippen molar-refractivity contribution in [2.75, 3.05) is 39.8 Å². The van der Waals surface area contributed by atoms with Crippen molar-refractivity contribution in [2.45, 2.75) is 32.4 Å². The fraction of sp³-hybridized carbons (Fsp3) is 0.579. The lowest BCUT2D eigenvalue weighted by atomic mass is 9.86. The highest BCUT2D eigenvalue weighted by Crippen LogP contribution is 2.25. The predicted octanol–water partition coefficient (Wildman–Crippen LogP) is 3.01. The van der Waals surface area contributed by atoms with Gasteiger partial charge in [-0.05, 0) is 23.6 Å². The van der Waals surface area contributed by atoms with Gasteiger partial charge in [0.2, 0.25) is 0 Å². The molecular formula is C19H31N3. The predicted molar refractivity (Wildman–Crippen MR) is 95.2 cm³/mol. The second kappa shape index (κ2) is 7.40. The van der Waals surface area contributed by atoms with E-state index in [0.717, 1.165) is 32.7 Å². The molecule has 1 N–H and O–H groups in total. The number of benzene rings is 1. The molecule has 1 fully saturated rings. The van der Waals surface area contributed by atoms with E-state index in [1.165, 1.54) is 11.1 Å². The van der Waals surface area contributed by atoms with E-state index < -0.39 is 0 Å². The Kier molecular flexibility index (Phi) is 5.79. The Morgan fingerprint density at radius 1 is 1.14 bits per heavy atom. The van der Waals surface area contributed by atoms with Crippen molar-refractivity contribution >= 4 is 0 Å². The molecule has 0 aliphatic carbocycles. The monoisotopic (exact) mass is 301 g/mol. The highest BCUT2D eigenvalue weighted by Gasteiger charge is 2.23. The average molecular weight is 301 g/mol. The lowest BCUT2D eigenvalue weighted by Crippen LogP contribution is -2.49. The smallest absolute Gasteiger partial charge is 0.0864 e. The Bertz CT molecular complexity index is 464. The Morgan fingerprint density at radius 2 is 1.73 bits per heavy atom. The molecule has 0 aromatic heterocycles. The topological polar surface area (TPSA) is 18.5 Å². The number of nitrogens with one attached hydrogen (secondary N) is 1. The molecule has 0 amide bonds. The summed E-state index contributed by atoms with van der Waals surface area (Å²) in [6.45, 7) is 15.9. The number of hydrogen-bond donors (Lipinski definition) is 1. The molecule has 3 nitrogen and oxygen atoms in total. The van der Waals surface area contributed by atoms with Crippen molar-refractivity contribution in [1.82, 2.24) is 15.1 Å². The Morgan fingerprint density at radius 3 is 2.23 bits per heavy atom. The molecule has 1 heterocycles. The molecule has 0 spiro atoms. The van der Waals surface area contributed by atoms with E-state index in [1.54, 1.807) is 0 Å². The summed E-state index contributed by atoms with van der Waals surface area (Å²) in [5.74, 6) is 0. The molecule has 1 atom stereocenters. The van der Waals surface area contributed by atoms with Gasteiger partial charge in [-0.1, -0.05) is 51.1 Å². The Labute approximate surface area is 136 Å². The zero-order chi connectivity index (χ0) is 16.2. The van der Waals surface area contributed by atoms with E-state index in [0.29, 0.717) is 0 Å². The van der Waals surface area contributed by atoms with Crippen LogP contribution in [0.15, 0.2) is 36.9 Å². The van der Waals surface area contributed by atoms with Crippen LogP contribution < -0.4 is 5.32 Å². The summed E-state index contributed by atoms with van der Waals surface area (Å²) in [5, 5.41) is 3.62. The highest BCUT2D eigenvalue weighted by molar-refractivity contribution is 5.29. The molecule has 0 radical (unpaired) electrons. The van der Waals surface area contributed by atoms with E-state index in [2.05, 4.69) is 73.8 Å². The van der Waals surface area contributed by atoms with Gasteiger partial charge in [0.25, 0.3) is 0 Å². The molecule has 0 saturated carbocycles. The van der Waals surface area contributed by atoms with Crippen LogP contribution in [-0.4, -0.2) is 49.6 Å². The van der Waals surface area contributed by atoms with Crippen LogP contribution in [-0.2, 0) is 5.41 Å². The van der Waals surface area contributed by atoms with Gasteiger partial charge in [-0.2, -0.15) is 0 Å². The van der Waals surface area contributed by atoms with Crippen molar-refractivity contribution in [3.63, 3.8) is 0 Å². The largest absolute Gasteiger partial charge is 0.304 e. The minimum atomic E-state index is 0.205. The third-order valence-corrected chi connectivity index (χ3v) is 4.45. The molecule has 1 aliphatic rings. The first-order chi connectivity index (χ1) is 10.4. The van der Waals surface area contributed by atoms with Crippen LogP contribution in [0.3, 0.4) is 0 Å². The van der Waals surface area contributed by atoms with Crippen molar-refractivity contribution in [1.29, 1.82) is 0 Å². The maximum Gasteiger partial charge on any atom is 0.0864 e. The molecule has 1 saturated heterocycles. The minimum Gasteiger partial charge on any atom is -0.304 e. The van der Waals surface area contributed by atoms with Crippen molar-refractivity contribution < 1.29 is 0 Å². The van der Waals surface area contributed by atoms with Gasteiger partial charge in [-0.15, -0.1) is 6.58 Å². The number of likely N-dealkylation sites (N-methyl/N-ethyl adjacent to an activating group) is 1. The lowest BCUT2D eigenvalue weighted by molar-refractivity contribution is 0.0959. The van der Waals surface area contributed by atoms with E-state index in [-0.39, 0.29) is 11.6 Å². The van der Waals surface area contributed by atoms with Gasteiger partial charge in [0, 0.05) is 32.7 Å². The Hall–Kier alpha value is -1.16. The van der Waals surface area contributed by atoms with Gasteiger partial charge >= 0.3 is 0 Å². The minimum absolute atomic E-state index is 0.205. The first kappa shape index (κ1) is 17.2. The third-order valence-electron chi connectivity index (χ3n) is 4.45. The van der Waals surface area contributed by atoms with Crippen molar-refractivity contribution in [3.8, 4) is 0 Å². The van der Waals surface area contributed by atoms with Crippen LogP contribution in [0.4, 0.5) is 0 Å². The lowest BCUT2D eigenvalue weighted by Gasteiger charge is -2.38. The molecule has 122 valence electrons. The second-order valence-corrected chi connectivity index (χ2v) is 7.31. The van der Waals surface area contributed by atoms with E-state index in [1.807, 2.05) is 6.08 Å². The summed E-state index contributed by atoms with van der Waals surface area (Å²) in [4.78, 5) is 4.93. The standard InChI is InChI=1S/C19H31N3/c1-6-11-20-18(22-14-12-21(5)13-15-22)16-7-9-17(10-8-16)19(2,3)4/h6-10,18,20H,1,11-15H2,2-5H3/t18-/m0/s1. The SMILES string of the molecule is C=CCN[C@H](c1ccc(C(C)(C)C)cc1)N1CCN(C)CC1. The molecule has 22 heavy (non-hydrogen) atoms. The molecule has 0 unspecified atom stereocenters. The maximum atomic E-state index is 3.84. The van der Waals surface area contributed by atoms with Crippen LogP contribution in [0.2, 0.25) is 0 Å². The van der Waals surface area contributed by atoms with Crippen molar-refractivity contribution in [2.24, 2.45) is 0 Å². The van der Waals surface area contributed by atoms with Crippen LogP contribution in [0.25, 0.3) is 0 Å². The number of hydrogen-bond acceptors (Lipinski definition) is 3. The average Bonchev–Trinajstić information content (AvgIpc) is 2.49. The second-order valence-electron chi connectivity index (χ2n) is 7.31. The van der Waals surface area contributed by atoms with Crippen LogP contribution >= 0.6 is 0 Å². The Balaban J connectivity index is 2.16. The quantitative estimate of drug-likeness (QED) is 0.844. The molecular weight excluding hydrogens is 270 g/mol. The fourth-order valence-electron chi connectivity index (χ4n) is 2.90. The summed E-state index contributed by atoms with van der Waals surface area (Å²) in [6.07, 6.45) is 2.22. The van der Waals surface area contributed by atoms with E-state index >= 15 is 0 Å². The van der Waals surface area contributed by atoms with E-state index in [9.17, 15) is 0 Å². The van der Waals surface area contributed by atoms with Gasteiger partial charge in [0.05, 0.1) is 6.17 Å². The zero-order valence-corrected chi connectivity index (χ0v) is 14.6. The number of piperazine rings is 1. The normalized spacial score (nSPS) is 19.1. The molecule has 1 aliphatic heterocycles. The van der Waals surface area contributed by atoms with Crippen LogP contribution in [0.5, 0.6) is 0 Å². The van der Waals surface area contributed by atoms with Gasteiger partial charge in [0.15, 0.2) is 0 Å². The first-order valence-corrected chi connectivity index (χ1v) is 8.29. The summed E-state index contributed by atoms with van der Waals surface area (Å²) in [5.41, 5.74) is 2.94. The number of rotatable bonds is 5. The van der Waals surface area contributed by atoms with Gasteiger partial charge in [-0.3, -0.25) is 10.2 Å². The van der Waals surface area contributed by atoms with Gasteiger partial charge < -0.3 is 4.90 Å². The number of nitrogens with zero attached hydrogens (tertiary/aromatic N) is 2. The molecule has 3 heteroatoms. The first-order valence-electron chi connectivity index (χ1n) is 8.29. The van der Waals surface area contributed by atoms with Gasteiger partial charge in [-0.25, -0.2) is 0 Å². The van der Waals surface area contributed by atoms with E-state index in [4.69, 9.17) is 0 Å². The third kappa shape index (κ3) is 4.42. The maximum absolute atomic E-state index is 3.84. The fourth-order valence-corrected chi connectivity index (χ4v) is 2.90. The molecule has 1 aromatic rings. The van der Waals surface area contributed by atoms with Crippen LogP contribution in [0.1, 0.15) is 38.1 Å². The van der Waals surface area contributed by atoms with Crippen molar-refractivity contribution in [3.05, 3.63) is 48.0 Å². The van der Waals surface area contributed by atoms with Gasteiger partial charge in [0.1, 0.15) is 0 Å². The summed E-state index contributed by atoms with van der Waals surface area (Å²) < 4.78 is 0. The highest BCUT2D eigenvalue weighted by atomic mass is 15.3. The summed E-state index contributed by atoms with van der Waals surface area (Å²) in [7, 11) is 2.20.